The molecular weight excluding hydrogens is 402 g/mol. The van der Waals surface area contributed by atoms with Gasteiger partial charge in [-0.2, -0.15) is 11.8 Å². The molecule has 1 saturated heterocycles. The van der Waals surface area contributed by atoms with E-state index in [0.717, 1.165) is 11.3 Å². The van der Waals surface area contributed by atoms with Crippen molar-refractivity contribution < 1.29 is 14.4 Å². The largest absolute Gasteiger partial charge is 0.368 e. The highest BCUT2D eigenvalue weighted by Gasteiger charge is 2.32. The molecule has 1 fully saturated rings. The number of hydrogen-bond acceptors (Lipinski definition) is 5. The van der Waals surface area contributed by atoms with E-state index in [9.17, 15) is 14.4 Å². The molecule has 4 amide bonds. The third kappa shape index (κ3) is 6.02. The van der Waals surface area contributed by atoms with Crippen LogP contribution in [-0.2, 0) is 9.59 Å². The van der Waals surface area contributed by atoms with Gasteiger partial charge in [-0.15, -0.1) is 0 Å². The number of piperazine rings is 1. The van der Waals surface area contributed by atoms with Crippen LogP contribution in [0.25, 0.3) is 0 Å². The summed E-state index contributed by atoms with van der Waals surface area (Å²) in [5.41, 5.74) is 11.6. The molecule has 28 heavy (non-hydrogen) atoms. The first-order chi connectivity index (χ1) is 13.3. The standard InChI is InChI=1S/C18H26ClN5O3S/c1-28-11-6-14(22-18(21)27)17(26)24-9-7-23(8-10-24)15(16(20)25)12-2-4-13(19)5-3-12/h2-5,14-15H,6-11H2,1H3,(H2,20,25)(H3,21,22,27)/t14-,15+/m0/s1. The van der Waals surface area contributed by atoms with E-state index in [0.29, 0.717) is 37.6 Å². The SMILES string of the molecule is CSCC[C@H](NC(N)=O)C(=O)N1CCN([C@@H](C(N)=O)c2ccc(Cl)cc2)CC1. The number of halogens is 1. The Morgan fingerprint density at radius 2 is 1.75 bits per heavy atom. The van der Waals surface area contributed by atoms with Gasteiger partial charge in [0.15, 0.2) is 0 Å². The molecule has 2 rings (SSSR count). The normalized spacial score (nSPS) is 17.0. The Morgan fingerprint density at radius 3 is 2.25 bits per heavy atom. The van der Waals surface area contributed by atoms with Gasteiger partial charge in [0, 0.05) is 31.2 Å². The Balaban J connectivity index is 2.02. The molecule has 10 heteroatoms. The van der Waals surface area contributed by atoms with Crippen molar-refractivity contribution in [3.8, 4) is 0 Å². The van der Waals surface area contributed by atoms with Crippen LogP contribution in [0.4, 0.5) is 4.79 Å². The lowest BCUT2D eigenvalue weighted by Gasteiger charge is -2.39. The van der Waals surface area contributed by atoms with Crippen molar-refractivity contribution in [2.45, 2.75) is 18.5 Å². The summed E-state index contributed by atoms with van der Waals surface area (Å²) in [7, 11) is 0. The average molecular weight is 428 g/mol. The van der Waals surface area contributed by atoms with Crippen LogP contribution in [0.3, 0.4) is 0 Å². The summed E-state index contributed by atoms with van der Waals surface area (Å²) in [4.78, 5) is 39.7. The van der Waals surface area contributed by atoms with Gasteiger partial charge in [0.1, 0.15) is 12.1 Å². The molecule has 0 unspecified atom stereocenters. The molecule has 1 aromatic carbocycles. The highest BCUT2D eigenvalue weighted by Crippen LogP contribution is 2.24. The summed E-state index contributed by atoms with van der Waals surface area (Å²) < 4.78 is 0. The fourth-order valence-electron chi connectivity index (χ4n) is 3.29. The number of hydrogen-bond donors (Lipinski definition) is 3. The summed E-state index contributed by atoms with van der Waals surface area (Å²) in [5, 5.41) is 3.11. The number of nitrogens with zero attached hydrogens (tertiary/aromatic N) is 2. The Labute approximate surface area is 173 Å². The van der Waals surface area contributed by atoms with Crippen molar-refractivity contribution in [2.75, 3.05) is 38.2 Å². The molecular formula is C18H26ClN5O3S. The molecule has 1 heterocycles. The number of nitrogens with two attached hydrogens (primary N) is 2. The van der Waals surface area contributed by atoms with E-state index in [1.165, 1.54) is 0 Å². The minimum atomic E-state index is -0.713. The number of amides is 4. The first-order valence-electron chi connectivity index (χ1n) is 8.96. The third-order valence-corrected chi connectivity index (χ3v) is 5.57. The van der Waals surface area contributed by atoms with Crippen molar-refractivity contribution in [1.82, 2.24) is 15.1 Å². The average Bonchev–Trinajstić information content (AvgIpc) is 2.66. The molecule has 154 valence electrons. The summed E-state index contributed by atoms with van der Waals surface area (Å²) in [6.07, 6.45) is 2.45. The molecule has 1 aromatic rings. The smallest absolute Gasteiger partial charge is 0.312 e. The van der Waals surface area contributed by atoms with Gasteiger partial charge in [-0.3, -0.25) is 14.5 Å². The highest BCUT2D eigenvalue weighted by atomic mass is 35.5. The molecule has 0 saturated carbocycles. The molecule has 0 aliphatic carbocycles. The second-order valence-electron chi connectivity index (χ2n) is 6.56. The summed E-state index contributed by atoms with van der Waals surface area (Å²) >= 11 is 7.52. The van der Waals surface area contributed by atoms with Crippen LogP contribution in [0.5, 0.6) is 0 Å². The second-order valence-corrected chi connectivity index (χ2v) is 7.98. The van der Waals surface area contributed by atoms with Gasteiger partial charge in [-0.1, -0.05) is 23.7 Å². The maximum Gasteiger partial charge on any atom is 0.312 e. The highest BCUT2D eigenvalue weighted by molar-refractivity contribution is 7.98. The Kier molecular flexibility index (Phi) is 8.40. The Bertz CT molecular complexity index is 695. The molecule has 1 aliphatic rings. The van der Waals surface area contributed by atoms with E-state index >= 15 is 0 Å². The van der Waals surface area contributed by atoms with Gasteiger partial charge >= 0.3 is 6.03 Å². The first kappa shape index (κ1) is 22.3. The second kappa shape index (κ2) is 10.5. The summed E-state index contributed by atoms with van der Waals surface area (Å²) in [6.45, 7) is 1.86. The van der Waals surface area contributed by atoms with E-state index in [1.807, 2.05) is 11.2 Å². The van der Waals surface area contributed by atoms with E-state index in [-0.39, 0.29) is 5.91 Å². The fraction of sp³-hybridized carbons (Fsp3) is 0.500. The van der Waals surface area contributed by atoms with Crippen molar-refractivity contribution in [1.29, 1.82) is 0 Å². The summed E-state index contributed by atoms with van der Waals surface area (Å²) in [5.74, 6) is 0.127. The van der Waals surface area contributed by atoms with E-state index in [1.54, 1.807) is 40.9 Å². The van der Waals surface area contributed by atoms with Gasteiger partial charge in [0.2, 0.25) is 11.8 Å². The van der Waals surface area contributed by atoms with Gasteiger partial charge < -0.3 is 21.7 Å². The predicted octanol–water partition coefficient (Wildman–Crippen LogP) is 0.801. The molecule has 0 bridgehead atoms. The Hall–Kier alpha value is -1.97. The lowest BCUT2D eigenvalue weighted by molar-refractivity contribution is -0.136. The van der Waals surface area contributed by atoms with Crippen LogP contribution >= 0.6 is 23.4 Å². The summed E-state index contributed by atoms with van der Waals surface area (Å²) in [6, 6.07) is 5.08. The number of carbonyl (C=O) groups is 3. The van der Waals surface area contributed by atoms with Crippen LogP contribution in [0.2, 0.25) is 5.02 Å². The van der Waals surface area contributed by atoms with Crippen molar-refractivity contribution in [3.05, 3.63) is 34.9 Å². The van der Waals surface area contributed by atoms with Crippen molar-refractivity contribution >= 4 is 41.2 Å². The zero-order valence-electron chi connectivity index (χ0n) is 15.8. The number of urea groups is 1. The predicted molar refractivity (Wildman–Crippen MR) is 111 cm³/mol. The molecule has 0 aromatic heterocycles. The zero-order chi connectivity index (χ0) is 20.7. The number of thioether (sulfide) groups is 1. The van der Waals surface area contributed by atoms with Crippen LogP contribution in [0.1, 0.15) is 18.0 Å². The van der Waals surface area contributed by atoms with Crippen LogP contribution in [0.15, 0.2) is 24.3 Å². The van der Waals surface area contributed by atoms with E-state index in [4.69, 9.17) is 23.1 Å². The van der Waals surface area contributed by atoms with Crippen molar-refractivity contribution in [3.63, 3.8) is 0 Å². The number of benzene rings is 1. The fourth-order valence-corrected chi connectivity index (χ4v) is 3.88. The first-order valence-corrected chi connectivity index (χ1v) is 10.7. The van der Waals surface area contributed by atoms with Crippen LogP contribution < -0.4 is 16.8 Å². The monoisotopic (exact) mass is 427 g/mol. The third-order valence-electron chi connectivity index (χ3n) is 4.67. The van der Waals surface area contributed by atoms with Gasteiger partial charge in [0.25, 0.3) is 0 Å². The van der Waals surface area contributed by atoms with Crippen LogP contribution in [0, 0.1) is 0 Å². The maximum absolute atomic E-state index is 12.8. The molecule has 0 spiro atoms. The van der Waals surface area contributed by atoms with Crippen molar-refractivity contribution in [2.24, 2.45) is 11.5 Å². The minimum absolute atomic E-state index is 0.158. The molecule has 5 N–H and O–H groups in total. The number of carbonyl (C=O) groups excluding carboxylic acids is 3. The van der Waals surface area contributed by atoms with Gasteiger partial charge in [-0.05, 0) is 36.1 Å². The van der Waals surface area contributed by atoms with Crippen LogP contribution in [-0.4, -0.2) is 71.9 Å². The van der Waals surface area contributed by atoms with E-state index < -0.39 is 24.0 Å². The van der Waals surface area contributed by atoms with Gasteiger partial charge in [0.05, 0.1) is 0 Å². The van der Waals surface area contributed by atoms with Gasteiger partial charge in [-0.25, -0.2) is 4.79 Å². The molecule has 8 nitrogen and oxygen atoms in total. The molecule has 0 radical (unpaired) electrons. The number of rotatable bonds is 8. The topological polar surface area (TPSA) is 122 Å². The maximum atomic E-state index is 12.8. The minimum Gasteiger partial charge on any atom is -0.368 e. The molecule has 1 aliphatic heterocycles. The molecule has 2 atom stereocenters. The van der Waals surface area contributed by atoms with E-state index in [2.05, 4.69) is 5.32 Å². The zero-order valence-corrected chi connectivity index (χ0v) is 17.3. The lowest BCUT2D eigenvalue weighted by atomic mass is 10.0. The quantitative estimate of drug-likeness (QED) is 0.566. The Morgan fingerprint density at radius 1 is 1.14 bits per heavy atom. The number of nitrogens with one attached hydrogen (secondary N) is 1. The number of primary amides is 2. The lowest BCUT2D eigenvalue weighted by Crippen LogP contribution is -2.57.